The van der Waals surface area contributed by atoms with E-state index in [4.69, 9.17) is 4.74 Å². The zero-order chi connectivity index (χ0) is 13.1. The highest BCUT2D eigenvalue weighted by molar-refractivity contribution is 5.45. The number of hydrogen-bond acceptors (Lipinski definition) is 2. The van der Waals surface area contributed by atoms with Gasteiger partial charge in [0.15, 0.2) is 0 Å². The highest BCUT2D eigenvalue weighted by Gasteiger charge is 2.20. The molecule has 0 atom stereocenters. The quantitative estimate of drug-likeness (QED) is 0.866. The van der Waals surface area contributed by atoms with Crippen LogP contribution in [0.1, 0.15) is 37.5 Å². The minimum Gasteiger partial charge on any atom is -0.496 e. The van der Waals surface area contributed by atoms with Crippen LogP contribution < -0.4 is 10.1 Å². The van der Waals surface area contributed by atoms with Crippen molar-refractivity contribution in [1.82, 2.24) is 5.32 Å². The third kappa shape index (κ3) is 3.47. The molecule has 17 heavy (non-hydrogen) atoms. The second kappa shape index (κ2) is 5.54. The average Bonchev–Trinajstić information content (AvgIpc) is 2.25. The number of hydrogen-bond donors (Lipinski definition) is 1. The van der Waals surface area contributed by atoms with Crippen molar-refractivity contribution in [3.05, 3.63) is 28.8 Å². The van der Waals surface area contributed by atoms with Crippen LogP contribution in [0.3, 0.4) is 0 Å². The molecule has 0 unspecified atom stereocenters. The Morgan fingerprint density at radius 1 is 1.24 bits per heavy atom. The molecule has 1 aromatic rings. The fourth-order valence-electron chi connectivity index (χ4n) is 2.01. The first-order valence-corrected chi connectivity index (χ1v) is 6.22. The van der Waals surface area contributed by atoms with Gasteiger partial charge in [0.25, 0.3) is 0 Å². The molecule has 0 saturated carbocycles. The van der Waals surface area contributed by atoms with Gasteiger partial charge in [0.2, 0.25) is 0 Å². The molecule has 96 valence electrons. The molecule has 2 nitrogen and oxygen atoms in total. The van der Waals surface area contributed by atoms with Gasteiger partial charge in [0.1, 0.15) is 5.75 Å². The van der Waals surface area contributed by atoms with E-state index >= 15 is 0 Å². The van der Waals surface area contributed by atoms with Gasteiger partial charge in [-0.1, -0.05) is 26.8 Å². The summed E-state index contributed by atoms with van der Waals surface area (Å²) in [5.74, 6) is 1.00. The molecule has 0 amide bonds. The van der Waals surface area contributed by atoms with Gasteiger partial charge in [0, 0.05) is 0 Å². The summed E-state index contributed by atoms with van der Waals surface area (Å²) in [4.78, 5) is 0. The van der Waals surface area contributed by atoms with Gasteiger partial charge in [0.05, 0.1) is 7.11 Å². The molecule has 0 radical (unpaired) electrons. The van der Waals surface area contributed by atoms with Crippen molar-refractivity contribution < 1.29 is 4.74 Å². The Morgan fingerprint density at radius 3 is 2.35 bits per heavy atom. The topological polar surface area (TPSA) is 21.3 Å². The molecule has 0 bridgehead atoms. The summed E-state index contributed by atoms with van der Waals surface area (Å²) >= 11 is 0. The molecule has 0 spiro atoms. The highest BCUT2D eigenvalue weighted by Crippen LogP contribution is 2.33. The van der Waals surface area contributed by atoms with Crippen molar-refractivity contribution in [2.45, 2.75) is 39.5 Å². The summed E-state index contributed by atoms with van der Waals surface area (Å²) in [6.07, 6.45) is 1.06. The first-order chi connectivity index (χ1) is 7.90. The van der Waals surface area contributed by atoms with Crippen LogP contribution >= 0.6 is 0 Å². The standard InChI is InChI=1S/C15H25NO/c1-11-9-14(17-6)13(15(2,3)4)10-12(11)7-8-16-5/h9-10,16H,7-8H2,1-6H3. The van der Waals surface area contributed by atoms with Crippen molar-refractivity contribution in [2.75, 3.05) is 20.7 Å². The highest BCUT2D eigenvalue weighted by atomic mass is 16.5. The van der Waals surface area contributed by atoms with E-state index in [0.717, 1.165) is 18.7 Å². The van der Waals surface area contributed by atoms with Crippen LogP contribution in [0.5, 0.6) is 5.75 Å². The maximum Gasteiger partial charge on any atom is 0.122 e. The van der Waals surface area contributed by atoms with Crippen LogP contribution in [0.25, 0.3) is 0 Å². The third-order valence-corrected chi connectivity index (χ3v) is 3.11. The van der Waals surface area contributed by atoms with E-state index in [1.165, 1.54) is 16.7 Å². The Morgan fingerprint density at radius 2 is 1.88 bits per heavy atom. The van der Waals surface area contributed by atoms with Crippen molar-refractivity contribution in [1.29, 1.82) is 0 Å². The van der Waals surface area contributed by atoms with E-state index in [0.29, 0.717) is 0 Å². The predicted molar refractivity (Wildman–Crippen MR) is 74.1 cm³/mol. The second-order valence-corrected chi connectivity index (χ2v) is 5.58. The molecular weight excluding hydrogens is 210 g/mol. The number of rotatable bonds is 4. The predicted octanol–water partition coefficient (Wildman–Crippen LogP) is 3.06. The summed E-state index contributed by atoms with van der Waals surface area (Å²) in [5, 5.41) is 3.20. The fraction of sp³-hybridized carbons (Fsp3) is 0.600. The largest absolute Gasteiger partial charge is 0.496 e. The zero-order valence-corrected chi connectivity index (χ0v) is 12.0. The second-order valence-electron chi connectivity index (χ2n) is 5.58. The third-order valence-electron chi connectivity index (χ3n) is 3.11. The minimum atomic E-state index is 0.118. The number of nitrogens with one attached hydrogen (secondary N) is 1. The lowest BCUT2D eigenvalue weighted by atomic mass is 9.84. The molecule has 0 aromatic heterocycles. The van der Waals surface area contributed by atoms with Gasteiger partial charge in [-0.2, -0.15) is 0 Å². The zero-order valence-electron chi connectivity index (χ0n) is 12.0. The maximum atomic E-state index is 5.50. The van der Waals surface area contributed by atoms with E-state index in [1.54, 1.807) is 7.11 Å². The van der Waals surface area contributed by atoms with Gasteiger partial charge >= 0.3 is 0 Å². The van der Waals surface area contributed by atoms with Crippen LogP contribution in [-0.2, 0) is 11.8 Å². The summed E-state index contributed by atoms with van der Waals surface area (Å²) in [6, 6.07) is 4.46. The lowest BCUT2D eigenvalue weighted by molar-refractivity contribution is 0.397. The van der Waals surface area contributed by atoms with Gasteiger partial charge in [-0.05, 0) is 55.1 Å². The summed E-state index contributed by atoms with van der Waals surface area (Å²) in [5.41, 5.74) is 4.12. The number of ether oxygens (including phenoxy) is 1. The Hall–Kier alpha value is -1.02. The number of methoxy groups -OCH3 is 1. The molecule has 0 aliphatic heterocycles. The number of benzene rings is 1. The van der Waals surface area contributed by atoms with Gasteiger partial charge in [-0.25, -0.2) is 0 Å². The van der Waals surface area contributed by atoms with Gasteiger partial charge in [-0.3, -0.25) is 0 Å². The van der Waals surface area contributed by atoms with Crippen molar-refractivity contribution in [2.24, 2.45) is 0 Å². The first-order valence-electron chi connectivity index (χ1n) is 6.22. The van der Waals surface area contributed by atoms with Crippen LogP contribution in [-0.4, -0.2) is 20.7 Å². The summed E-state index contributed by atoms with van der Waals surface area (Å²) in [7, 11) is 3.74. The Balaban J connectivity index is 3.18. The average molecular weight is 235 g/mol. The smallest absolute Gasteiger partial charge is 0.122 e. The molecule has 0 saturated heterocycles. The van der Waals surface area contributed by atoms with E-state index in [9.17, 15) is 0 Å². The maximum absolute atomic E-state index is 5.50. The van der Waals surface area contributed by atoms with Crippen LogP contribution in [0.4, 0.5) is 0 Å². The Labute approximate surface area is 105 Å². The molecule has 1 N–H and O–H groups in total. The molecule has 0 aliphatic carbocycles. The van der Waals surface area contributed by atoms with Gasteiger partial charge < -0.3 is 10.1 Å². The van der Waals surface area contributed by atoms with Crippen LogP contribution in [0.2, 0.25) is 0 Å². The number of aryl methyl sites for hydroxylation is 1. The lowest BCUT2D eigenvalue weighted by Gasteiger charge is -2.24. The number of likely N-dealkylation sites (N-methyl/N-ethyl adjacent to an activating group) is 1. The Kier molecular flexibility index (Phi) is 4.58. The molecule has 2 heteroatoms. The SMILES string of the molecule is CNCCc1cc(C(C)(C)C)c(OC)cc1C. The van der Waals surface area contributed by atoms with Crippen LogP contribution in [0.15, 0.2) is 12.1 Å². The molecular formula is C15H25NO. The van der Waals surface area contributed by atoms with Crippen molar-refractivity contribution in [3.8, 4) is 5.75 Å². The normalized spacial score (nSPS) is 11.6. The molecule has 0 fully saturated rings. The van der Waals surface area contributed by atoms with Crippen molar-refractivity contribution >= 4 is 0 Å². The molecule has 0 aliphatic rings. The summed E-state index contributed by atoms with van der Waals surface area (Å²) in [6.45, 7) is 9.84. The lowest BCUT2D eigenvalue weighted by Crippen LogP contribution is -2.16. The van der Waals surface area contributed by atoms with Crippen molar-refractivity contribution in [3.63, 3.8) is 0 Å². The van der Waals surface area contributed by atoms with E-state index < -0.39 is 0 Å². The fourth-order valence-corrected chi connectivity index (χ4v) is 2.01. The van der Waals surface area contributed by atoms with Gasteiger partial charge in [-0.15, -0.1) is 0 Å². The van der Waals surface area contributed by atoms with E-state index in [2.05, 4.69) is 45.1 Å². The monoisotopic (exact) mass is 235 g/mol. The molecule has 0 heterocycles. The molecule has 1 aromatic carbocycles. The van der Waals surface area contributed by atoms with E-state index in [-0.39, 0.29) is 5.41 Å². The Bertz CT molecular complexity index is 377. The minimum absolute atomic E-state index is 0.118. The van der Waals surface area contributed by atoms with Crippen LogP contribution in [0, 0.1) is 6.92 Å². The first kappa shape index (κ1) is 14.0. The van der Waals surface area contributed by atoms with E-state index in [1.807, 2.05) is 7.05 Å². The summed E-state index contributed by atoms with van der Waals surface area (Å²) < 4.78 is 5.50. The molecule has 1 rings (SSSR count).